The lowest BCUT2D eigenvalue weighted by Crippen LogP contribution is -2.52. The Hall–Kier alpha value is -3.75. The molecule has 2 aliphatic rings. The topological polar surface area (TPSA) is 106 Å². The van der Waals surface area contributed by atoms with Crippen molar-refractivity contribution in [3.05, 3.63) is 83.4 Å². The van der Waals surface area contributed by atoms with Crippen LogP contribution in [0.15, 0.2) is 66.7 Å². The first kappa shape index (κ1) is 24.0. The molecule has 1 saturated carbocycles. The number of rotatable bonds is 6. The van der Waals surface area contributed by atoms with E-state index in [2.05, 4.69) is 5.32 Å². The lowest BCUT2D eigenvalue weighted by atomic mass is 9.70. The molecule has 1 fully saturated rings. The van der Waals surface area contributed by atoms with E-state index in [9.17, 15) is 15.0 Å². The molecule has 5 atom stereocenters. The molecule has 0 aromatic heterocycles. The first-order valence-corrected chi connectivity index (χ1v) is 11.6. The van der Waals surface area contributed by atoms with Crippen LogP contribution in [0.4, 0.5) is 5.69 Å². The third kappa shape index (κ3) is 3.04. The molecule has 3 aromatic carbocycles. The second kappa shape index (κ2) is 8.72. The number of carbonyl (C=O) groups is 1. The van der Waals surface area contributed by atoms with Crippen LogP contribution >= 0.6 is 0 Å². The zero-order valence-corrected chi connectivity index (χ0v) is 20.5. The minimum atomic E-state index is -2.06. The normalized spacial score (nSPS) is 28.0. The Bertz CT molecular complexity index is 1280. The average molecular weight is 492 g/mol. The Morgan fingerprint density at radius 2 is 1.69 bits per heavy atom. The van der Waals surface area contributed by atoms with Gasteiger partial charge >= 0.3 is 5.97 Å². The SMILES string of the molecule is CNc1cc(OC)c2c(c1)O[C@@]1(c3ccc(OC)cc3)[C@H](c3ccccc3)[C@@H](C(=O)OC)[C@@H](O)[C@@]21O. The third-order valence-corrected chi connectivity index (χ3v) is 7.51. The molecule has 0 amide bonds. The van der Waals surface area contributed by atoms with Gasteiger partial charge in [0.2, 0.25) is 0 Å². The van der Waals surface area contributed by atoms with Gasteiger partial charge in [0.15, 0.2) is 11.2 Å². The molecular weight excluding hydrogens is 462 g/mol. The van der Waals surface area contributed by atoms with Gasteiger partial charge in [-0.25, -0.2) is 0 Å². The van der Waals surface area contributed by atoms with E-state index in [4.69, 9.17) is 18.9 Å². The van der Waals surface area contributed by atoms with Crippen LogP contribution in [-0.4, -0.2) is 50.7 Å². The van der Waals surface area contributed by atoms with Crippen LogP contribution in [0.2, 0.25) is 0 Å². The zero-order valence-electron chi connectivity index (χ0n) is 20.5. The number of aliphatic hydroxyl groups excluding tert-OH is 1. The number of hydrogen-bond acceptors (Lipinski definition) is 8. The van der Waals surface area contributed by atoms with Crippen LogP contribution in [0.1, 0.15) is 22.6 Å². The van der Waals surface area contributed by atoms with Crippen LogP contribution in [0.5, 0.6) is 17.2 Å². The molecule has 0 radical (unpaired) electrons. The molecule has 188 valence electrons. The van der Waals surface area contributed by atoms with Crippen molar-refractivity contribution in [1.29, 1.82) is 0 Å². The maximum absolute atomic E-state index is 13.2. The number of aliphatic hydroxyl groups is 2. The van der Waals surface area contributed by atoms with Gasteiger partial charge in [-0.3, -0.25) is 4.79 Å². The van der Waals surface area contributed by atoms with Crippen molar-refractivity contribution in [3.63, 3.8) is 0 Å². The molecule has 36 heavy (non-hydrogen) atoms. The van der Waals surface area contributed by atoms with Gasteiger partial charge in [-0.05, 0) is 23.3 Å². The second-order valence-electron chi connectivity index (χ2n) is 9.02. The number of esters is 1. The fraction of sp³-hybridized carbons (Fsp3) is 0.321. The van der Waals surface area contributed by atoms with Crippen LogP contribution in [0.3, 0.4) is 0 Å². The predicted octanol–water partition coefficient (Wildman–Crippen LogP) is 3.17. The zero-order chi connectivity index (χ0) is 25.7. The highest BCUT2D eigenvalue weighted by Crippen LogP contribution is 2.70. The maximum Gasteiger partial charge on any atom is 0.312 e. The van der Waals surface area contributed by atoms with Crippen molar-refractivity contribution in [2.24, 2.45) is 5.92 Å². The molecule has 0 spiro atoms. The molecule has 8 heteroatoms. The third-order valence-electron chi connectivity index (χ3n) is 7.51. The molecule has 3 aromatic rings. The standard InChI is InChI=1S/C28H29NO7/c1-29-18-14-20(34-3)24-21(15-18)36-28(17-10-12-19(33-2)13-11-17)23(16-8-6-5-7-9-16)22(26(31)35-4)25(30)27(24,28)32/h5-15,22-23,25,29-30,32H,1-4H3/t22-,23-,25-,27+,28+/m1/s1. The number of methoxy groups -OCH3 is 3. The summed E-state index contributed by atoms with van der Waals surface area (Å²) in [5.74, 6) is -1.31. The summed E-state index contributed by atoms with van der Waals surface area (Å²) >= 11 is 0. The molecule has 0 unspecified atom stereocenters. The van der Waals surface area contributed by atoms with Crippen molar-refractivity contribution < 1.29 is 34.0 Å². The molecular formula is C28H29NO7. The Kier molecular flexibility index (Phi) is 5.81. The minimum Gasteiger partial charge on any atom is -0.497 e. The molecule has 3 N–H and O–H groups in total. The number of anilines is 1. The highest BCUT2D eigenvalue weighted by Gasteiger charge is 2.78. The van der Waals surface area contributed by atoms with E-state index in [-0.39, 0.29) is 5.56 Å². The van der Waals surface area contributed by atoms with E-state index in [1.807, 2.05) is 30.3 Å². The van der Waals surface area contributed by atoms with Crippen molar-refractivity contribution >= 4 is 11.7 Å². The van der Waals surface area contributed by atoms with Crippen LogP contribution in [0.25, 0.3) is 0 Å². The largest absolute Gasteiger partial charge is 0.497 e. The summed E-state index contributed by atoms with van der Waals surface area (Å²) in [6, 6.07) is 19.8. The van der Waals surface area contributed by atoms with E-state index >= 15 is 0 Å². The van der Waals surface area contributed by atoms with Gasteiger partial charge in [0, 0.05) is 30.8 Å². The number of ether oxygens (including phenoxy) is 4. The van der Waals surface area contributed by atoms with Gasteiger partial charge in [0.05, 0.1) is 32.8 Å². The molecule has 0 bridgehead atoms. The van der Waals surface area contributed by atoms with E-state index in [1.165, 1.54) is 14.2 Å². The van der Waals surface area contributed by atoms with E-state index < -0.39 is 35.1 Å². The highest BCUT2D eigenvalue weighted by molar-refractivity contribution is 5.78. The van der Waals surface area contributed by atoms with E-state index in [0.29, 0.717) is 34.1 Å². The summed E-state index contributed by atoms with van der Waals surface area (Å²) in [5, 5.41) is 27.6. The summed E-state index contributed by atoms with van der Waals surface area (Å²) in [6.45, 7) is 0. The minimum absolute atomic E-state index is 0.277. The highest BCUT2D eigenvalue weighted by atomic mass is 16.5. The van der Waals surface area contributed by atoms with Gasteiger partial charge in [0.1, 0.15) is 23.4 Å². The number of hydrogen-bond donors (Lipinski definition) is 3. The van der Waals surface area contributed by atoms with Gasteiger partial charge in [-0.1, -0.05) is 42.5 Å². The Morgan fingerprint density at radius 3 is 2.28 bits per heavy atom. The summed E-state index contributed by atoms with van der Waals surface area (Å²) in [7, 11) is 6.08. The van der Waals surface area contributed by atoms with Crippen LogP contribution in [-0.2, 0) is 20.7 Å². The summed E-state index contributed by atoms with van der Waals surface area (Å²) in [4.78, 5) is 13.2. The number of fused-ring (bicyclic) bond motifs is 3. The Morgan fingerprint density at radius 1 is 1.00 bits per heavy atom. The average Bonchev–Trinajstić information content (AvgIpc) is 3.30. The van der Waals surface area contributed by atoms with E-state index in [1.54, 1.807) is 50.6 Å². The first-order chi connectivity index (χ1) is 17.4. The van der Waals surface area contributed by atoms with Gasteiger partial charge < -0.3 is 34.5 Å². The number of nitrogens with one attached hydrogen (secondary N) is 1. The smallest absolute Gasteiger partial charge is 0.312 e. The molecule has 0 saturated heterocycles. The van der Waals surface area contributed by atoms with Crippen LogP contribution < -0.4 is 19.5 Å². The summed E-state index contributed by atoms with van der Waals surface area (Å²) < 4.78 is 22.9. The monoisotopic (exact) mass is 491 g/mol. The van der Waals surface area contributed by atoms with Gasteiger partial charge in [-0.15, -0.1) is 0 Å². The summed E-state index contributed by atoms with van der Waals surface area (Å²) in [5.41, 5.74) is -1.41. The summed E-state index contributed by atoms with van der Waals surface area (Å²) in [6.07, 6.45) is -1.58. The predicted molar refractivity (Wildman–Crippen MR) is 132 cm³/mol. The molecule has 1 aliphatic heterocycles. The first-order valence-electron chi connectivity index (χ1n) is 11.6. The molecule has 1 heterocycles. The fourth-order valence-corrected chi connectivity index (χ4v) is 5.95. The van der Waals surface area contributed by atoms with Gasteiger partial charge in [0.25, 0.3) is 0 Å². The van der Waals surface area contributed by atoms with Crippen molar-refractivity contribution in [2.75, 3.05) is 33.7 Å². The number of benzene rings is 3. The molecule has 1 aliphatic carbocycles. The molecule has 5 rings (SSSR count). The number of carbonyl (C=O) groups excluding carboxylic acids is 1. The van der Waals surface area contributed by atoms with Gasteiger partial charge in [-0.2, -0.15) is 0 Å². The quantitative estimate of drug-likeness (QED) is 0.452. The lowest BCUT2D eigenvalue weighted by molar-refractivity contribution is -0.161. The van der Waals surface area contributed by atoms with Crippen molar-refractivity contribution in [2.45, 2.75) is 23.2 Å². The Labute approximate surface area is 209 Å². The Balaban J connectivity index is 1.88. The molecule has 8 nitrogen and oxygen atoms in total. The van der Waals surface area contributed by atoms with E-state index in [0.717, 1.165) is 0 Å². The van der Waals surface area contributed by atoms with Crippen molar-refractivity contribution in [3.8, 4) is 17.2 Å². The second-order valence-corrected chi connectivity index (χ2v) is 9.02. The van der Waals surface area contributed by atoms with Crippen LogP contribution in [0, 0.1) is 5.92 Å². The van der Waals surface area contributed by atoms with Crippen molar-refractivity contribution in [1.82, 2.24) is 0 Å². The maximum atomic E-state index is 13.2. The fourth-order valence-electron chi connectivity index (χ4n) is 5.95. The lowest BCUT2D eigenvalue weighted by Gasteiger charge is -2.40.